The van der Waals surface area contributed by atoms with Gasteiger partial charge in [-0.1, -0.05) is 0 Å². The van der Waals surface area contributed by atoms with Gasteiger partial charge in [-0.25, -0.2) is 0 Å². The molecule has 29 heavy (non-hydrogen) atoms. The normalized spacial score (nSPS) is 17.4. The smallest absolute Gasteiger partial charge is 0.191 e. The Morgan fingerprint density at radius 2 is 1.83 bits per heavy atom. The van der Waals surface area contributed by atoms with Gasteiger partial charge in [0.1, 0.15) is 0 Å². The van der Waals surface area contributed by atoms with Crippen molar-refractivity contribution in [2.75, 3.05) is 39.9 Å². The van der Waals surface area contributed by atoms with Gasteiger partial charge in [0.05, 0.1) is 19.3 Å². The topological polar surface area (TPSA) is 48.9 Å². The largest absolute Gasteiger partial charge is 0.379 e. The number of rotatable bonds is 7. The lowest BCUT2D eigenvalue weighted by molar-refractivity contribution is 0.0177. The molecule has 1 fully saturated rings. The van der Waals surface area contributed by atoms with Crippen LogP contribution in [0, 0.1) is 13.8 Å². The first-order valence-corrected chi connectivity index (χ1v) is 11.6. The Hall–Kier alpha value is -0.680. The van der Waals surface area contributed by atoms with E-state index in [0.717, 1.165) is 45.2 Å². The molecule has 3 rings (SSSR count). The Kier molecular flexibility index (Phi) is 10.4. The van der Waals surface area contributed by atoms with E-state index in [1.54, 1.807) is 0 Å². The Morgan fingerprint density at radius 1 is 1.14 bits per heavy atom. The number of ether oxygens (including phenoxy) is 1. The highest BCUT2D eigenvalue weighted by atomic mass is 127. The predicted octanol–water partition coefficient (Wildman–Crippen LogP) is 4.21. The van der Waals surface area contributed by atoms with Crippen molar-refractivity contribution in [1.29, 1.82) is 0 Å². The summed E-state index contributed by atoms with van der Waals surface area (Å²) >= 11 is 3.76. The van der Waals surface area contributed by atoms with Crippen LogP contribution in [-0.2, 0) is 11.2 Å². The zero-order valence-electron chi connectivity index (χ0n) is 17.7. The highest BCUT2D eigenvalue weighted by Gasteiger charge is 2.24. The van der Waals surface area contributed by atoms with Crippen molar-refractivity contribution in [2.45, 2.75) is 39.3 Å². The maximum atomic E-state index is 5.55. The predicted molar refractivity (Wildman–Crippen MR) is 136 cm³/mol. The molecule has 2 atom stereocenters. The number of morpholine rings is 1. The van der Waals surface area contributed by atoms with Crippen LogP contribution in [0.15, 0.2) is 29.3 Å². The summed E-state index contributed by atoms with van der Waals surface area (Å²) in [4.78, 5) is 12.5. The third-order valence-electron chi connectivity index (χ3n) is 4.95. The lowest BCUT2D eigenvalue weighted by Gasteiger charge is -2.34. The molecule has 2 aromatic heterocycles. The maximum absolute atomic E-state index is 5.55. The minimum absolute atomic E-state index is 0. The molecular weight excluding hydrogens is 515 g/mol. The Bertz CT molecular complexity index is 770. The Balaban J connectivity index is 0.00000300. The highest BCUT2D eigenvalue weighted by molar-refractivity contribution is 14.0. The van der Waals surface area contributed by atoms with Gasteiger partial charge in [0.25, 0.3) is 0 Å². The third kappa shape index (κ3) is 7.50. The minimum atomic E-state index is 0. The fraction of sp³-hybridized carbons (Fsp3) is 0.571. The molecule has 8 heteroatoms. The second-order valence-corrected chi connectivity index (χ2v) is 10.0. The van der Waals surface area contributed by atoms with Crippen LogP contribution in [0.1, 0.15) is 32.5 Å². The summed E-state index contributed by atoms with van der Waals surface area (Å²) in [6.07, 6.45) is 1.01. The van der Waals surface area contributed by atoms with Crippen LogP contribution in [0.2, 0.25) is 0 Å². The number of hydrogen-bond donors (Lipinski definition) is 2. The molecule has 3 heterocycles. The molecule has 0 aromatic carbocycles. The first-order valence-electron chi connectivity index (χ1n) is 9.95. The van der Waals surface area contributed by atoms with Gasteiger partial charge in [0.15, 0.2) is 5.96 Å². The maximum Gasteiger partial charge on any atom is 0.191 e. The van der Waals surface area contributed by atoms with E-state index >= 15 is 0 Å². The zero-order valence-corrected chi connectivity index (χ0v) is 21.7. The third-order valence-corrected chi connectivity index (χ3v) is 7.07. The van der Waals surface area contributed by atoms with E-state index in [1.165, 1.54) is 19.5 Å². The van der Waals surface area contributed by atoms with Gasteiger partial charge in [0.2, 0.25) is 0 Å². The van der Waals surface area contributed by atoms with Crippen molar-refractivity contribution in [2.24, 2.45) is 4.99 Å². The van der Waals surface area contributed by atoms with Gasteiger partial charge in [-0.05, 0) is 45.0 Å². The van der Waals surface area contributed by atoms with E-state index < -0.39 is 0 Å². The number of nitrogens with one attached hydrogen (secondary N) is 2. The van der Waals surface area contributed by atoms with E-state index in [-0.39, 0.29) is 24.0 Å². The minimum Gasteiger partial charge on any atom is -0.379 e. The number of halogens is 1. The number of aryl methyl sites for hydroxylation is 2. The second kappa shape index (κ2) is 12.2. The lowest BCUT2D eigenvalue weighted by atomic mass is 10.2. The number of aliphatic imine (C=N–C) groups is 1. The van der Waals surface area contributed by atoms with Crippen molar-refractivity contribution in [3.05, 3.63) is 43.8 Å². The van der Waals surface area contributed by atoms with Crippen molar-refractivity contribution in [1.82, 2.24) is 15.5 Å². The van der Waals surface area contributed by atoms with Gasteiger partial charge in [-0.15, -0.1) is 46.7 Å². The molecule has 2 N–H and O–H groups in total. The van der Waals surface area contributed by atoms with Crippen molar-refractivity contribution in [3.8, 4) is 0 Å². The van der Waals surface area contributed by atoms with Gasteiger partial charge in [0, 0.05) is 58.7 Å². The summed E-state index contributed by atoms with van der Waals surface area (Å²) in [5.74, 6) is 0.868. The van der Waals surface area contributed by atoms with Crippen LogP contribution in [0.25, 0.3) is 0 Å². The lowest BCUT2D eigenvalue weighted by Crippen LogP contribution is -2.48. The molecule has 0 bridgehead atoms. The van der Waals surface area contributed by atoms with E-state index in [0.29, 0.717) is 12.1 Å². The number of hydrogen-bond acceptors (Lipinski definition) is 5. The summed E-state index contributed by atoms with van der Waals surface area (Å²) in [5, 5.41) is 7.11. The van der Waals surface area contributed by atoms with Gasteiger partial charge in [-0.3, -0.25) is 9.89 Å². The number of nitrogens with zero attached hydrogens (tertiary/aromatic N) is 2. The molecule has 5 nitrogen and oxygen atoms in total. The summed E-state index contributed by atoms with van der Waals surface area (Å²) in [6.45, 7) is 11.0. The van der Waals surface area contributed by atoms with Crippen LogP contribution in [-0.4, -0.2) is 56.8 Å². The standard InChI is InChI=1S/C21H32N4OS2.HI/c1-15(13-18-7-5-16(2)27-18)24-21(22-4)23-14-19(20-8-6-17(3)28-20)25-9-11-26-12-10-25;/h5-8,15,19H,9-14H2,1-4H3,(H2,22,23,24);1H. The molecule has 162 valence electrons. The Labute approximate surface area is 200 Å². The molecular formula is C21H33IN4OS2. The SMILES string of the molecule is CN=C(NCC(c1ccc(C)s1)N1CCOCC1)NC(C)Cc1ccc(C)s1.I. The van der Waals surface area contributed by atoms with Crippen molar-refractivity contribution < 1.29 is 4.74 Å². The molecule has 0 saturated carbocycles. The molecule has 0 aliphatic carbocycles. The molecule has 1 aliphatic heterocycles. The van der Waals surface area contributed by atoms with Crippen molar-refractivity contribution >= 4 is 52.6 Å². The fourth-order valence-electron chi connectivity index (χ4n) is 3.50. The van der Waals surface area contributed by atoms with E-state index in [9.17, 15) is 0 Å². The highest BCUT2D eigenvalue weighted by Crippen LogP contribution is 2.28. The summed E-state index contributed by atoms with van der Waals surface area (Å²) in [5.41, 5.74) is 0. The van der Waals surface area contributed by atoms with Crippen LogP contribution in [0.4, 0.5) is 0 Å². The molecule has 0 radical (unpaired) electrons. The average Bonchev–Trinajstić information content (AvgIpc) is 3.30. The average molecular weight is 549 g/mol. The van der Waals surface area contributed by atoms with Gasteiger partial charge in [-0.2, -0.15) is 0 Å². The summed E-state index contributed by atoms with van der Waals surface area (Å²) < 4.78 is 5.55. The monoisotopic (exact) mass is 548 g/mol. The van der Waals surface area contributed by atoms with Crippen LogP contribution >= 0.6 is 46.7 Å². The molecule has 0 spiro atoms. The Morgan fingerprint density at radius 3 is 2.41 bits per heavy atom. The zero-order chi connectivity index (χ0) is 19.9. The van der Waals surface area contributed by atoms with Gasteiger partial charge < -0.3 is 15.4 Å². The number of thiophene rings is 2. The van der Waals surface area contributed by atoms with Crippen LogP contribution in [0.3, 0.4) is 0 Å². The first-order chi connectivity index (χ1) is 13.5. The van der Waals surface area contributed by atoms with E-state index in [2.05, 4.69) is 65.6 Å². The molecule has 1 saturated heterocycles. The van der Waals surface area contributed by atoms with Crippen molar-refractivity contribution in [3.63, 3.8) is 0 Å². The molecule has 2 aromatic rings. The van der Waals surface area contributed by atoms with E-state index in [4.69, 9.17) is 4.74 Å². The van der Waals surface area contributed by atoms with Crippen LogP contribution in [0.5, 0.6) is 0 Å². The second-order valence-electron chi connectivity index (χ2n) is 7.33. The fourth-order valence-corrected chi connectivity index (χ4v) is 5.53. The molecule has 0 amide bonds. The van der Waals surface area contributed by atoms with E-state index in [1.807, 2.05) is 29.7 Å². The van der Waals surface area contributed by atoms with Gasteiger partial charge >= 0.3 is 0 Å². The van der Waals surface area contributed by atoms with Crippen LogP contribution < -0.4 is 10.6 Å². The summed E-state index contributed by atoms with van der Waals surface area (Å²) in [7, 11) is 1.84. The molecule has 1 aliphatic rings. The number of guanidine groups is 1. The quantitative estimate of drug-likeness (QED) is 0.309. The summed E-state index contributed by atoms with van der Waals surface area (Å²) in [6, 6.07) is 9.56. The molecule has 2 unspecified atom stereocenters. The first kappa shape index (κ1) is 24.6.